The third kappa shape index (κ3) is 6.40. The van der Waals surface area contributed by atoms with Crippen molar-refractivity contribution in [3.05, 3.63) is 24.3 Å². The van der Waals surface area contributed by atoms with E-state index in [1.54, 1.807) is 23.9 Å². The van der Waals surface area contributed by atoms with Gasteiger partial charge in [0.05, 0.1) is 11.9 Å². The van der Waals surface area contributed by atoms with Crippen molar-refractivity contribution >= 4 is 29.0 Å². The van der Waals surface area contributed by atoms with Crippen molar-refractivity contribution in [2.24, 2.45) is 0 Å². The molecule has 1 amide bonds. The van der Waals surface area contributed by atoms with Crippen molar-refractivity contribution in [1.82, 2.24) is 0 Å². The van der Waals surface area contributed by atoms with E-state index in [1.807, 2.05) is 12.1 Å². The Labute approximate surface area is 130 Å². The zero-order valence-corrected chi connectivity index (χ0v) is 13.2. The second-order valence-electron chi connectivity index (χ2n) is 5.36. The standard InChI is InChI=1S/C16H24N2O2S/c17-13-5-3-6-14(11-13)18-16(19)12-21-10-4-9-20-15-7-1-2-8-15/h3,5-6,11,15H,1-2,4,7-10,12,17H2,(H,18,19). The molecule has 0 radical (unpaired) electrons. The highest BCUT2D eigenvalue weighted by molar-refractivity contribution is 7.99. The molecule has 1 fully saturated rings. The molecule has 5 heteroatoms. The summed E-state index contributed by atoms with van der Waals surface area (Å²) in [6.45, 7) is 0.814. The molecule has 1 aliphatic carbocycles. The summed E-state index contributed by atoms with van der Waals surface area (Å²) in [5.74, 6) is 1.44. The summed E-state index contributed by atoms with van der Waals surface area (Å²) in [7, 11) is 0. The Morgan fingerprint density at radius 3 is 2.95 bits per heavy atom. The van der Waals surface area contributed by atoms with Crippen molar-refractivity contribution in [3.8, 4) is 0 Å². The first-order valence-corrected chi connectivity index (χ1v) is 8.74. The average Bonchev–Trinajstić information content (AvgIpc) is 2.96. The molecule has 116 valence electrons. The molecule has 1 aromatic rings. The lowest BCUT2D eigenvalue weighted by atomic mass is 10.3. The molecule has 1 aromatic carbocycles. The number of carbonyl (C=O) groups excluding carboxylic acids is 1. The highest BCUT2D eigenvalue weighted by atomic mass is 32.2. The second-order valence-corrected chi connectivity index (χ2v) is 6.46. The smallest absolute Gasteiger partial charge is 0.234 e. The van der Waals surface area contributed by atoms with E-state index >= 15 is 0 Å². The van der Waals surface area contributed by atoms with Crippen molar-refractivity contribution in [2.45, 2.75) is 38.2 Å². The summed E-state index contributed by atoms with van der Waals surface area (Å²) in [5, 5.41) is 2.85. The highest BCUT2D eigenvalue weighted by Crippen LogP contribution is 2.21. The lowest BCUT2D eigenvalue weighted by Gasteiger charge is -2.10. The van der Waals surface area contributed by atoms with Gasteiger partial charge in [-0.15, -0.1) is 0 Å². The summed E-state index contributed by atoms with van der Waals surface area (Å²) in [4.78, 5) is 11.8. The van der Waals surface area contributed by atoms with Crippen LogP contribution in [0.2, 0.25) is 0 Å². The van der Waals surface area contributed by atoms with Crippen LogP contribution >= 0.6 is 11.8 Å². The Kier molecular flexibility index (Phi) is 6.89. The molecule has 0 saturated heterocycles. The maximum Gasteiger partial charge on any atom is 0.234 e. The van der Waals surface area contributed by atoms with Crippen molar-refractivity contribution in [3.63, 3.8) is 0 Å². The van der Waals surface area contributed by atoms with Crippen molar-refractivity contribution < 1.29 is 9.53 Å². The van der Waals surface area contributed by atoms with E-state index in [0.29, 0.717) is 17.5 Å². The molecule has 3 N–H and O–H groups in total. The Balaban J connectivity index is 1.51. The number of thioether (sulfide) groups is 1. The van der Waals surface area contributed by atoms with Gasteiger partial charge in [-0.2, -0.15) is 11.8 Å². The number of rotatable bonds is 8. The molecule has 0 unspecified atom stereocenters. The molecule has 4 nitrogen and oxygen atoms in total. The second kappa shape index (κ2) is 8.95. The summed E-state index contributed by atoms with van der Waals surface area (Å²) in [5.41, 5.74) is 7.08. The van der Waals surface area contributed by atoms with Gasteiger partial charge in [0.2, 0.25) is 5.91 Å². The predicted octanol–water partition coefficient (Wildman–Crippen LogP) is 3.29. The van der Waals surface area contributed by atoms with E-state index in [9.17, 15) is 4.79 Å². The third-order valence-electron chi connectivity index (χ3n) is 3.49. The molecule has 0 bridgehead atoms. The number of amides is 1. The summed E-state index contributed by atoms with van der Waals surface area (Å²) in [6, 6.07) is 7.24. The first kappa shape index (κ1) is 16.2. The van der Waals surface area contributed by atoms with Crippen molar-refractivity contribution in [1.29, 1.82) is 0 Å². The number of nitrogens with two attached hydrogens (primary N) is 1. The largest absolute Gasteiger partial charge is 0.399 e. The van der Waals surface area contributed by atoms with Crippen LogP contribution in [-0.4, -0.2) is 30.1 Å². The number of nitrogens with one attached hydrogen (secondary N) is 1. The molecular formula is C16H24N2O2S. The van der Waals surface area contributed by atoms with Gasteiger partial charge in [-0.25, -0.2) is 0 Å². The lowest BCUT2D eigenvalue weighted by molar-refractivity contribution is -0.113. The summed E-state index contributed by atoms with van der Waals surface area (Å²) >= 11 is 1.64. The molecule has 0 heterocycles. The van der Waals surface area contributed by atoms with Crippen LogP contribution in [0.15, 0.2) is 24.3 Å². The summed E-state index contributed by atoms with van der Waals surface area (Å²) < 4.78 is 5.79. The highest BCUT2D eigenvalue weighted by Gasteiger charge is 2.14. The van der Waals surface area contributed by atoms with Crippen LogP contribution in [0.1, 0.15) is 32.1 Å². The lowest BCUT2D eigenvalue weighted by Crippen LogP contribution is -2.15. The van der Waals surface area contributed by atoms with E-state index in [0.717, 1.165) is 24.5 Å². The third-order valence-corrected chi connectivity index (χ3v) is 4.54. The van der Waals surface area contributed by atoms with Gasteiger partial charge in [0.25, 0.3) is 0 Å². The molecule has 0 aliphatic heterocycles. The SMILES string of the molecule is Nc1cccc(NC(=O)CSCCCOC2CCCC2)c1. The maximum absolute atomic E-state index is 11.8. The van der Waals surface area contributed by atoms with Crippen LogP contribution in [0.25, 0.3) is 0 Å². The Bertz CT molecular complexity index is 448. The zero-order valence-electron chi connectivity index (χ0n) is 12.3. The number of ether oxygens (including phenoxy) is 1. The number of carbonyl (C=O) groups is 1. The predicted molar refractivity (Wildman–Crippen MR) is 89.6 cm³/mol. The minimum atomic E-state index is 0.0160. The molecule has 1 saturated carbocycles. The van der Waals surface area contributed by atoms with Crippen LogP contribution in [-0.2, 0) is 9.53 Å². The molecule has 0 atom stereocenters. The minimum Gasteiger partial charge on any atom is -0.399 e. The van der Waals surface area contributed by atoms with Crippen LogP contribution in [0.4, 0.5) is 11.4 Å². The van der Waals surface area contributed by atoms with Gasteiger partial charge < -0.3 is 15.8 Å². The number of hydrogen-bond acceptors (Lipinski definition) is 4. The minimum absolute atomic E-state index is 0.0160. The fraction of sp³-hybridized carbons (Fsp3) is 0.562. The van der Waals surface area contributed by atoms with E-state index in [1.165, 1.54) is 25.7 Å². The Morgan fingerprint density at radius 2 is 2.19 bits per heavy atom. The van der Waals surface area contributed by atoms with Gasteiger partial charge in [0.1, 0.15) is 0 Å². The quantitative estimate of drug-likeness (QED) is 0.571. The number of nitrogen functional groups attached to an aromatic ring is 1. The molecule has 0 spiro atoms. The molecule has 1 aliphatic rings. The maximum atomic E-state index is 11.8. The van der Waals surface area contributed by atoms with Crippen molar-refractivity contribution in [2.75, 3.05) is 29.2 Å². The van der Waals surface area contributed by atoms with Crippen LogP contribution in [0.3, 0.4) is 0 Å². The first-order chi connectivity index (χ1) is 10.2. The van der Waals surface area contributed by atoms with E-state index < -0.39 is 0 Å². The number of benzene rings is 1. The van der Waals surface area contributed by atoms with Gasteiger partial charge in [-0.05, 0) is 43.2 Å². The topological polar surface area (TPSA) is 64.3 Å². The van der Waals surface area contributed by atoms with E-state index in [2.05, 4.69) is 5.32 Å². The van der Waals surface area contributed by atoms with Crippen LogP contribution in [0, 0.1) is 0 Å². The van der Waals surface area contributed by atoms with E-state index in [4.69, 9.17) is 10.5 Å². The normalized spacial score (nSPS) is 15.2. The Morgan fingerprint density at radius 1 is 1.38 bits per heavy atom. The number of anilines is 2. The van der Waals surface area contributed by atoms with Gasteiger partial charge in [0.15, 0.2) is 0 Å². The zero-order chi connectivity index (χ0) is 14.9. The van der Waals surface area contributed by atoms with Crippen LogP contribution < -0.4 is 11.1 Å². The van der Waals surface area contributed by atoms with Gasteiger partial charge >= 0.3 is 0 Å². The Hall–Kier alpha value is -1.20. The summed E-state index contributed by atoms with van der Waals surface area (Å²) in [6.07, 6.45) is 6.55. The molecule has 21 heavy (non-hydrogen) atoms. The van der Waals surface area contributed by atoms with Gasteiger partial charge in [-0.1, -0.05) is 18.9 Å². The van der Waals surface area contributed by atoms with Crippen LogP contribution in [0.5, 0.6) is 0 Å². The molecular weight excluding hydrogens is 284 g/mol. The fourth-order valence-electron chi connectivity index (χ4n) is 2.44. The molecule has 0 aromatic heterocycles. The average molecular weight is 308 g/mol. The van der Waals surface area contributed by atoms with Gasteiger partial charge in [0, 0.05) is 18.0 Å². The van der Waals surface area contributed by atoms with Gasteiger partial charge in [-0.3, -0.25) is 4.79 Å². The first-order valence-electron chi connectivity index (χ1n) is 7.59. The monoisotopic (exact) mass is 308 g/mol. The number of hydrogen-bond donors (Lipinski definition) is 2. The molecule has 2 rings (SSSR count). The van der Waals surface area contributed by atoms with E-state index in [-0.39, 0.29) is 5.91 Å². The fourth-order valence-corrected chi connectivity index (χ4v) is 3.17.